The van der Waals surface area contributed by atoms with E-state index in [1.807, 2.05) is 6.07 Å². The van der Waals surface area contributed by atoms with Gasteiger partial charge < -0.3 is 10.0 Å². The highest BCUT2D eigenvalue weighted by atomic mass is 32.1. The number of likely N-dealkylation sites (tertiary alicyclic amines) is 1. The summed E-state index contributed by atoms with van der Waals surface area (Å²) in [5, 5.41) is 8.62. The summed E-state index contributed by atoms with van der Waals surface area (Å²) in [5.41, 5.74) is 0. The van der Waals surface area contributed by atoms with Crippen molar-refractivity contribution in [3.8, 4) is 0 Å². The van der Waals surface area contributed by atoms with Gasteiger partial charge in [-0.1, -0.05) is 0 Å². The van der Waals surface area contributed by atoms with Gasteiger partial charge in [-0.25, -0.2) is 4.79 Å². The summed E-state index contributed by atoms with van der Waals surface area (Å²) in [4.78, 5) is 17.6. The number of carboxylic acid groups (broad SMARTS) is 1. The first-order chi connectivity index (χ1) is 9.54. The molecule has 0 radical (unpaired) electrons. The molecule has 1 saturated heterocycles. The summed E-state index contributed by atoms with van der Waals surface area (Å²) < 4.78 is 0. The number of carboxylic acids is 1. The molecule has 0 aliphatic carbocycles. The lowest BCUT2D eigenvalue weighted by atomic mass is 10.0. The van der Waals surface area contributed by atoms with Gasteiger partial charge in [0.05, 0.1) is 0 Å². The lowest BCUT2D eigenvalue weighted by Crippen LogP contribution is -2.41. The molecule has 0 amide bonds. The second-order valence-electron chi connectivity index (χ2n) is 5.45. The first-order valence-electron chi connectivity index (χ1n) is 6.93. The van der Waals surface area contributed by atoms with Crippen molar-refractivity contribution in [2.45, 2.75) is 25.4 Å². The van der Waals surface area contributed by atoms with Crippen LogP contribution >= 0.6 is 11.3 Å². The van der Waals surface area contributed by atoms with Crippen LogP contribution in [0.2, 0.25) is 0 Å². The Labute approximate surface area is 124 Å². The molecule has 0 saturated carbocycles. The van der Waals surface area contributed by atoms with E-state index in [2.05, 4.69) is 30.0 Å². The molecule has 2 heterocycles. The normalized spacial score (nSPS) is 18.1. The maximum Gasteiger partial charge on any atom is 0.328 e. The number of hydrogen-bond donors (Lipinski definition) is 1. The largest absolute Gasteiger partial charge is 0.478 e. The molecule has 1 aromatic heterocycles. The molecular weight excluding hydrogens is 272 g/mol. The smallest absolute Gasteiger partial charge is 0.328 e. The Kier molecular flexibility index (Phi) is 5.34. The van der Waals surface area contributed by atoms with E-state index in [1.54, 1.807) is 17.4 Å². The fourth-order valence-corrected chi connectivity index (χ4v) is 3.49. The van der Waals surface area contributed by atoms with Crippen LogP contribution in [0.25, 0.3) is 6.08 Å². The molecule has 5 heteroatoms. The maximum absolute atomic E-state index is 10.5. The quantitative estimate of drug-likeness (QED) is 0.847. The standard InChI is InChI=1S/C15H22N2O2S/c1-16(2)12-7-9-17(10-8-12)11-14-4-3-13(20-14)5-6-15(18)19/h3-6,12H,7-11H2,1-2H3,(H,18,19). The zero-order valence-electron chi connectivity index (χ0n) is 12.1. The first kappa shape index (κ1) is 15.2. The van der Waals surface area contributed by atoms with E-state index in [9.17, 15) is 4.79 Å². The van der Waals surface area contributed by atoms with Crippen LogP contribution in [0, 0.1) is 0 Å². The molecule has 1 fully saturated rings. The third-order valence-corrected chi connectivity index (χ3v) is 4.77. The molecule has 0 atom stereocenters. The van der Waals surface area contributed by atoms with Crippen molar-refractivity contribution in [1.82, 2.24) is 9.80 Å². The SMILES string of the molecule is CN(C)C1CCN(Cc2ccc(C=CC(=O)O)s2)CC1. The van der Waals surface area contributed by atoms with Gasteiger partial charge in [0.15, 0.2) is 0 Å². The van der Waals surface area contributed by atoms with Crippen molar-refractivity contribution in [1.29, 1.82) is 0 Å². The summed E-state index contributed by atoms with van der Waals surface area (Å²) in [6.45, 7) is 3.26. The molecule has 1 aliphatic heterocycles. The van der Waals surface area contributed by atoms with Crippen LogP contribution in [0.3, 0.4) is 0 Å². The maximum atomic E-state index is 10.5. The molecule has 110 valence electrons. The summed E-state index contributed by atoms with van der Waals surface area (Å²) in [5.74, 6) is -0.897. The van der Waals surface area contributed by atoms with Gasteiger partial charge in [0.25, 0.3) is 0 Å². The molecule has 1 N–H and O–H groups in total. The minimum absolute atomic E-state index is 0.712. The van der Waals surface area contributed by atoms with Gasteiger partial charge in [-0.2, -0.15) is 0 Å². The van der Waals surface area contributed by atoms with Gasteiger partial charge in [-0.05, 0) is 45.1 Å². The third kappa shape index (κ3) is 4.44. The molecule has 0 bridgehead atoms. The average Bonchev–Trinajstić information content (AvgIpc) is 2.84. The zero-order chi connectivity index (χ0) is 14.5. The van der Waals surface area contributed by atoms with Crippen molar-refractivity contribution >= 4 is 23.4 Å². The van der Waals surface area contributed by atoms with E-state index in [-0.39, 0.29) is 0 Å². The summed E-state index contributed by atoms with van der Waals surface area (Å²) in [6, 6.07) is 4.81. The Morgan fingerprint density at radius 1 is 1.45 bits per heavy atom. The monoisotopic (exact) mass is 294 g/mol. The number of rotatable bonds is 5. The highest BCUT2D eigenvalue weighted by Crippen LogP contribution is 2.22. The van der Waals surface area contributed by atoms with Crippen LogP contribution in [-0.2, 0) is 11.3 Å². The number of aliphatic carboxylic acids is 1. The number of piperidine rings is 1. The van der Waals surface area contributed by atoms with Crippen LogP contribution in [0.1, 0.15) is 22.6 Å². The van der Waals surface area contributed by atoms with Gasteiger partial charge in [-0.15, -0.1) is 11.3 Å². The zero-order valence-corrected chi connectivity index (χ0v) is 12.9. The Hall–Kier alpha value is -1.17. The molecule has 4 nitrogen and oxygen atoms in total. The van der Waals surface area contributed by atoms with Crippen LogP contribution in [0.4, 0.5) is 0 Å². The Morgan fingerprint density at radius 3 is 2.75 bits per heavy atom. The lowest BCUT2D eigenvalue weighted by molar-refractivity contribution is -0.131. The number of hydrogen-bond acceptors (Lipinski definition) is 4. The highest BCUT2D eigenvalue weighted by molar-refractivity contribution is 7.12. The lowest BCUT2D eigenvalue weighted by Gasteiger charge is -2.34. The van der Waals surface area contributed by atoms with E-state index in [0.29, 0.717) is 6.04 Å². The van der Waals surface area contributed by atoms with Crippen molar-refractivity contribution in [2.75, 3.05) is 27.2 Å². The van der Waals surface area contributed by atoms with Crippen molar-refractivity contribution < 1.29 is 9.90 Å². The third-order valence-electron chi connectivity index (χ3n) is 3.74. The van der Waals surface area contributed by atoms with E-state index in [1.165, 1.54) is 23.8 Å². The fraction of sp³-hybridized carbons (Fsp3) is 0.533. The van der Waals surface area contributed by atoms with Crippen LogP contribution < -0.4 is 0 Å². The predicted molar refractivity (Wildman–Crippen MR) is 83.0 cm³/mol. The molecular formula is C15H22N2O2S. The van der Waals surface area contributed by atoms with Gasteiger partial charge in [0.1, 0.15) is 0 Å². The Morgan fingerprint density at radius 2 is 2.15 bits per heavy atom. The molecule has 0 unspecified atom stereocenters. The van der Waals surface area contributed by atoms with Crippen LogP contribution in [0.5, 0.6) is 0 Å². The van der Waals surface area contributed by atoms with Crippen molar-refractivity contribution in [3.63, 3.8) is 0 Å². The first-order valence-corrected chi connectivity index (χ1v) is 7.75. The van der Waals surface area contributed by atoms with E-state index >= 15 is 0 Å². The second-order valence-corrected chi connectivity index (χ2v) is 6.65. The van der Waals surface area contributed by atoms with E-state index < -0.39 is 5.97 Å². The summed E-state index contributed by atoms with van der Waals surface area (Å²) in [7, 11) is 4.31. The number of nitrogens with zero attached hydrogens (tertiary/aromatic N) is 2. The number of thiophene rings is 1. The fourth-order valence-electron chi connectivity index (χ4n) is 2.54. The van der Waals surface area contributed by atoms with Crippen molar-refractivity contribution in [3.05, 3.63) is 28.0 Å². The van der Waals surface area contributed by atoms with Gasteiger partial charge >= 0.3 is 5.97 Å². The van der Waals surface area contributed by atoms with E-state index in [0.717, 1.165) is 24.5 Å². The minimum Gasteiger partial charge on any atom is -0.478 e. The predicted octanol–water partition coefficient (Wildman–Crippen LogP) is 2.37. The molecule has 1 aromatic rings. The van der Waals surface area contributed by atoms with Crippen LogP contribution in [-0.4, -0.2) is 54.1 Å². The Bertz CT molecular complexity index is 474. The number of carbonyl (C=O) groups is 1. The molecule has 2 rings (SSSR count). The van der Waals surface area contributed by atoms with E-state index in [4.69, 9.17) is 5.11 Å². The highest BCUT2D eigenvalue weighted by Gasteiger charge is 2.20. The van der Waals surface area contributed by atoms with Gasteiger partial charge in [-0.3, -0.25) is 4.90 Å². The summed E-state index contributed by atoms with van der Waals surface area (Å²) >= 11 is 1.67. The average molecular weight is 294 g/mol. The van der Waals surface area contributed by atoms with Gasteiger partial charge in [0, 0.05) is 41.5 Å². The molecule has 20 heavy (non-hydrogen) atoms. The topological polar surface area (TPSA) is 43.8 Å². The van der Waals surface area contributed by atoms with Crippen LogP contribution in [0.15, 0.2) is 18.2 Å². The molecule has 0 spiro atoms. The Balaban J connectivity index is 1.84. The second kappa shape index (κ2) is 7.02. The van der Waals surface area contributed by atoms with Crippen molar-refractivity contribution in [2.24, 2.45) is 0 Å². The minimum atomic E-state index is -0.897. The molecule has 0 aromatic carbocycles. The van der Waals surface area contributed by atoms with Gasteiger partial charge in [0.2, 0.25) is 0 Å². The summed E-state index contributed by atoms with van der Waals surface area (Å²) in [6.07, 6.45) is 5.31. The molecule has 1 aliphatic rings.